The van der Waals surface area contributed by atoms with E-state index < -0.39 is 0 Å². The molecule has 0 saturated carbocycles. The van der Waals surface area contributed by atoms with Crippen LogP contribution in [0.1, 0.15) is 0 Å². The predicted molar refractivity (Wildman–Crippen MR) is 355 cm³/mol. The van der Waals surface area contributed by atoms with Gasteiger partial charge in [0.1, 0.15) is 0 Å². The summed E-state index contributed by atoms with van der Waals surface area (Å²) in [7, 11) is 0. The van der Waals surface area contributed by atoms with E-state index in [4.69, 9.17) is 5.73 Å². The number of nitrogens with one attached hydrogen (secondary N) is 1. The molecule has 0 bridgehead atoms. The van der Waals surface area contributed by atoms with Gasteiger partial charge in [0.2, 0.25) is 0 Å². The molecule has 0 unspecified atom stereocenters. The highest BCUT2D eigenvalue weighted by molar-refractivity contribution is 6.16. The van der Waals surface area contributed by atoms with Gasteiger partial charge < -0.3 is 19.4 Å². The second-order valence-corrected chi connectivity index (χ2v) is 21.2. The van der Waals surface area contributed by atoms with Crippen LogP contribution in [0.25, 0.3) is 116 Å². The lowest BCUT2D eigenvalue weighted by Crippen LogP contribution is -2.25. The largest absolute Gasteiger partial charge is 0.399 e. The van der Waals surface area contributed by atoms with Crippen LogP contribution < -0.4 is 16.2 Å². The smallest absolute Gasteiger partial charge is 0.0715 e. The van der Waals surface area contributed by atoms with E-state index in [1.807, 2.05) is 30.3 Å². The Morgan fingerprint density at radius 1 is 0.274 bits per heavy atom. The quantitative estimate of drug-likeness (QED) is 0.106. The van der Waals surface area contributed by atoms with Gasteiger partial charge in [0.15, 0.2) is 0 Å². The lowest BCUT2D eigenvalue weighted by Gasteiger charge is -2.31. The average molecular weight is 1080 g/mol. The Kier molecular flexibility index (Phi) is 12.6. The number of nitrogens with zero attached hydrogens (tertiary/aromatic N) is 4. The molecule has 16 aromatic rings. The lowest BCUT2D eigenvalue weighted by atomic mass is 9.85. The first-order valence-corrected chi connectivity index (χ1v) is 28.5. The third kappa shape index (κ3) is 8.78. The Morgan fingerprint density at radius 2 is 0.619 bits per heavy atom. The van der Waals surface area contributed by atoms with Gasteiger partial charge >= 0.3 is 0 Å². The molecule has 0 atom stereocenters. The zero-order chi connectivity index (χ0) is 55.9. The molecule has 0 amide bonds. The highest BCUT2D eigenvalue weighted by Crippen LogP contribution is 2.50. The molecule has 13 aromatic carbocycles. The molecule has 84 heavy (non-hydrogen) atoms. The van der Waals surface area contributed by atoms with E-state index >= 15 is 0 Å². The number of aromatic nitrogens is 3. The number of anilines is 4. The van der Waals surface area contributed by atoms with Crippen molar-refractivity contribution < 1.29 is 0 Å². The monoisotopic (exact) mass is 1080 g/mol. The van der Waals surface area contributed by atoms with E-state index in [2.05, 4.69) is 315 Å². The molecule has 16 rings (SSSR count). The Morgan fingerprint density at radius 3 is 1.05 bits per heavy atom. The van der Waals surface area contributed by atoms with Crippen molar-refractivity contribution in [1.82, 2.24) is 13.7 Å². The zero-order valence-corrected chi connectivity index (χ0v) is 46.0. The summed E-state index contributed by atoms with van der Waals surface area (Å²) >= 11 is 0. The van der Waals surface area contributed by atoms with Gasteiger partial charge in [-0.25, -0.2) is 0 Å². The predicted octanol–water partition coefficient (Wildman–Crippen LogP) is 20.4. The Balaban J connectivity index is 0.000000802. The summed E-state index contributed by atoms with van der Waals surface area (Å²) < 4.78 is 7.20. The van der Waals surface area contributed by atoms with Gasteiger partial charge in [-0.15, -0.1) is 0 Å². The SMILES string of the molecule is Nc1ccccc1.c1ccc(NN(c2ccccc2)c2ccc(-c3ccc4c(c3)c3ccccc3n4-c3ccccc3)c(-c3ccc4c(c3)c3ccccc3n4-c3ccccc3)c2-c2ccc3c(c2)c2ccccc2n3-c2ccccc2)cc1. The van der Waals surface area contributed by atoms with Crippen LogP contribution in [0.5, 0.6) is 0 Å². The van der Waals surface area contributed by atoms with Gasteiger partial charge in [-0.05, 0) is 161 Å². The van der Waals surface area contributed by atoms with Crippen molar-refractivity contribution in [2.24, 2.45) is 0 Å². The van der Waals surface area contributed by atoms with Crippen molar-refractivity contribution in [1.29, 1.82) is 0 Å². The van der Waals surface area contributed by atoms with Crippen molar-refractivity contribution >= 4 is 88.2 Å². The van der Waals surface area contributed by atoms with Crippen LogP contribution in [0.15, 0.2) is 322 Å². The minimum Gasteiger partial charge on any atom is -0.399 e. The summed E-state index contributed by atoms with van der Waals surface area (Å²) in [5.74, 6) is 0. The molecule has 3 N–H and O–H groups in total. The number of hydrogen-bond donors (Lipinski definition) is 2. The highest BCUT2D eigenvalue weighted by atomic mass is 15.5. The minimum atomic E-state index is 0.822. The molecule has 6 heteroatoms. The molecular weight excluding hydrogens is 1020 g/mol. The molecule has 0 aliphatic rings. The van der Waals surface area contributed by atoms with Crippen LogP contribution >= 0.6 is 0 Å². The third-order valence-corrected chi connectivity index (χ3v) is 16.2. The zero-order valence-electron chi connectivity index (χ0n) is 46.0. The van der Waals surface area contributed by atoms with E-state index in [0.29, 0.717) is 0 Å². The number of hydrogen-bond acceptors (Lipinski definition) is 3. The molecule has 0 radical (unpaired) electrons. The van der Waals surface area contributed by atoms with Gasteiger partial charge in [0.05, 0.1) is 50.2 Å². The minimum absolute atomic E-state index is 0.822. The number of hydrazine groups is 1. The van der Waals surface area contributed by atoms with E-state index in [-0.39, 0.29) is 0 Å². The number of benzene rings is 13. The molecule has 6 nitrogen and oxygen atoms in total. The normalized spacial score (nSPS) is 11.4. The van der Waals surface area contributed by atoms with Crippen LogP contribution in [0.2, 0.25) is 0 Å². The van der Waals surface area contributed by atoms with Crippen LogP contribution in [0.3, 0.4) is 0 Å². The topological polar surface area (TPSA) is 56.1 Å². The fraction of sp³-hybridized carbons (Fsp3) is 0. The number of nitrogens with two attached hydrogens (primary N) is 1. The maximum absolute atomic E-state index is 5.36. The van der Waals surface area contributed by atoms with Gasteiger partial charge in [-0.1, -0.05) is 188 Å². The molecule has 398 valence electrons. The van der Waals surface area contributed by atoms with Gasteiger partial charge in [0.25, 0.3) is 0 Å². The third-order valence-electron chi connectivity index (χ3n) is 16.2. The van der Waals surface area contributed by atoms with Crippen molar-refractivity contribution in [3.05, 3.63) is 322 Å². The first-order chi connectivity index (χ1) is 41.6. The second-order valence-electron chi connectivity index (χ2n) is 21.2. The van der Waals surface area contributed by atoms with E-state index in [0.717, 1.165) is 89.7 Å². The molecule has 0 spiro atoms. The van der Waals surface area contributed by atoms with E-state index in [9.17, 15) is 0 Å². The van der Waals surface area contributed by atoms with Gasteiger partial charge in [-0.3, -0.25) is 10.4 Å². The highest BCUT2D eigenvalue weighted by Gasteiger charge is 2.26. The maximum atomic E-state index is 5.36. The number of fused-ring (bicyclic) bond motifs is 9. The van der Waals surface area contributed by atoms with Crippen LogP contribution in [-0.4, -0.2) is 13.7 Å². The number of rotatable bonds is 10. The summed E-state index contributed by atoms with van der Waals surface area (Å²) in [6.45, 7) is 0. The fourth-order valence-electron chi connectivity index (χ4n) is 12.5. The molecule has 0 saturated heterocycles. The number of nitrogen functional groups attached to an aromatic ring is 1. The molecular formula is C78H56N6. The first-order valence-electron chi connectivity index (χ1n) is 28.5. The van der Waals surface area contributed by atoms with Crippen molar-refractivity contribution in [2.45, 2.75) is 0 Å². The Bertz CT molecular complexity index is 5030. The summed E-state index contributed by atoms with van der Waals surface area (Å²) in [6.07, 6.45) is 0. The summed E-state index contributed by atoms with van der Waals surface area (Å²) in [4.78, 5) is 0. The van der Waals surface area contributed by atoms with Gasteiger partial charge in [0, 0.05) is 60.6 Å². The van der Waals surface area contributed by atoms with Crippen molar-refractivity contribution in [3.8, 4) is 50.4 Å². The fourth-order valence-corrected chi connectivity index (χ4v) is 12.5. The molecule has 0 aliphatic heterocycles. The standard InChI is InChI=1S/C72H49N5.C6H7N/c1-6-22-52(23-7-1)73-77(56-30-14-5-15-31-56)70-45-41-57(49-38-42-67-61(46-49)58-32-16-19-35-64(58)74(67)53-24-8-2-9-25-53)71(50-39-43-68-62(47-50)59-33-17-20-36-65(59)75(68)54-26-10-3-11-27-54)72(70)51-40-44-69-63(48-51)60-34-18-21-37-66(60)76(69)55-28-12-4-13-29-55;7-6-4-2-1-3-5-6/h1-48,73H;1-5H,7H2. The van der Waals surface area contributed by atoms with Crippen molar-refractivity contribution in [3.63, 3.8) is 0 Å². The summed E-state index contributed by atoms with van der Waals surface area (Å²) in [5.41, 5.74) is 30.2. The van der Waals surface area contributed by atoms with Crippen LogP contribution in [0, 0.1) is 0 Å². The van der Waals surface area contributed by atoms with Crippen LogP contribution in [-0.2, 0) is 0 Å². The van der Waals surface area contributed by atoms with Crippen LogP contribution in [0.4, 0.5) is 22.7 Å². The van der Waals surface area contributed by atoms with Crippen molar-refractivity contribution in [2.75, 3.05) is 16.2 Å². The number of para-hydroxylation sites is 9. The Hall–Kier alpha value is -11.3. The lowest BCUT2D eigenvalue weighted by molar-refractivity contribution is 1.16. The molecule has 0 aliphatic carbocycles. The molecule has 3 heterocycles. The summed E-state index contributed by atoms with van der Waals surface area (Å²) in [6, 6.07) is 115. The molecule has 0 fully saturated rings. The van der Waals surface area contributed by atoms with E-state index in [1.165, 1.54) is 48.9 Å². The van der Waals surface area contributed by atoms with Gasteiger partial charge in [-0.2, -0.15) is 0 Å². The molecule has 3 aromatic heterocycles. The second kappa shape index (κ2) is 21.3. The summed E-state index contributed by atoms with van der Waals surface area (Å²) in [5, 5.41) is 9.46. The van der Waals surface area contributed by atoms with E-state index in [1.54, 1.807) is 0 Å². The maximum Gasteiger partial charge on any atom is 0.0715 e. The first kappa shape index (κ1) is 49.7. The average Bonchev–Trinajstić information content (AvgIpc) is 4.40. The Labute approximate surface area is 487 Å².